The molecule has 9 heteroatoms. The molecule has 0 spiro atoms. The molecule has 0 bridgehead atoms. The van der Waals surface area contributed by atoms with Crippen LogP contribution in [0.25, 0.3) is 0 Å². The van der Waals surface area contributed by atoms with Gasteiger partial charge in [0.1, 0.15) is 5.02 Å². The highest BCUT2D eigenvalue weighted by molar-refractivity contribution is 6.32. The van der Waals surface area contributed by atoms with E-state index in [0.717, 1.165) is 0 Å². The predicted octanol–water partition coefficient (Wildman–Crippen LogP) is 4.20. The quantitative estimate of drug-likeness (QED) is 0.461. The summed E-state index contributed by atoms with van der Waals surface area (Å²) in [5.74, 6) is 0. The zero-order valence-corrected chi connectivity index (χ0v) is 8.52. The zero-order chi connectivity index (χ0) is 13.4. The lowest BCUT2D eigenvalue weighted by molar-refractivity contribution is -0.385. The van der Waals surface area contributed by atoms with E-state index in [1.54, 1.807) is 0 Å². The van der Waals surface area contributed by atoms with Gasteiger partial charge in [0.25, 0.3) is 12.1 Å². The number of nitro groups is 1. The minimum atomic E-state index is -5.11. The van der Waals surface area contributed by atoms with Crippen LogP contribution in [-0.2, 0) is 6.18 Å². The van der Waals surface area contributed by atoms with E-state index < -0.39 is 39.4 Å². The summed E-state index contributed by atoms with van der Waals surface area (Å²) in [6.07, 6.45) is -8.54. The standard InChI is InChI=1S/C8H3ClF5NO2/c9-5-1-3(7(10)11)4(8(12,13)14)2-6(5)15(16)17/h1-2,7H. The van der Waals surface area contributed by atoms with E-state index in [4.69, 9.17) is 11.6 Å². The molecule has 0 amide bonds. The minimum Gasteiger partial charge on any atom is -0.258 e. The Labute approximate surface area is 95.9 Å². The first-order valence-corrected chi connectivity index (χ1v) is 4.35. The van der Waals surface area contributed by atoms with Crippen LogP contribution in [0.4, 0.5) is 27.6 Å². The van der Waals surface area contributed by atoms with Gasteiger partial charge in [-0.1, -0.05) is 11.6 Å². The van der Waals surface area contributed by atoms with E-state index in [2.05, 4.69) is 0 Å². The second-order valence-electron chi connectivity index (χ2n) is 2.95. The van der Waals surface area contributed by atoms with Crippen molar-refractivity contribution in [1.29, 1.82) is 0 Å². The first kappa shape index (κ1) is 13.6. The largest absolute Gasteiger partial charge is 0.417 e. The molecule has 0 aliphatic heterocycles. The highest BCUT2D eigenvalue weighted by Crippen LogP contribution is 2.41. The Kier molecular flexibility index (Phi) is 3.56. The zero-order valence-electron chi connectivity index (χ0n) is 7.76. The summed E-state index contributed by atoms with van der Waals surface area (Å²) < 4.78 is 61.8. The first-order chi connectivity index (χ1) is 7.64. The molecule has 0 aromatic heterocycles. The summed E-state index contributed by atoms with van der Waals surface area (Å²) in [5.41, 5.74) is -4.21. The van der Waals surface area contributed by atoms with Gasteiger partial charge >= 0.3 is 6.18 Å². The molecule has 0 aliphatic rings. The van der Waals surface area contributed by atoms with E-state index in [0.29, 0.717) is 0 Å². The molecule has 0 saturated carbocycles. The Balaban J connectivity index is 3.54. The van der Waals surface area contributed by atoms with Gasteiger partial charge in [-0.15, -0.1) is 0 Å². The molecule has 1 aromatic rings. The van der Waals surface area contributed by atoms with Crippen molar-refractivity contribution in [3.8, 4) is 0 Å². The van der Waals surface area contributed by atoms with Crippen molar-refractivity contribution < 1.29 is 26.9 Å². The topological polar surface area (TPSA) is 43.1 Å². The maximum Gasteiger partial charge on any atom is 0.417 e. The maximum absolute atomic E-state index is 12.4. The smallest absolute Gasteiger partial charge is 0.258 e. The molecule has 0 atom stereocenters. The van der Waals surface area contributed by atoms with Crippen LogP contribution >= 0.6 is 11.6 Å². The Bertz CT molecular complexity index is 460. The third-order valence-electron chi connectivity index (χ3n) is 1.86. The molecule has 17 heavy (non-hydrogen) atoms. The van der Waals surface area contributed by atoms with Gasteiger partial charge in [-0.2, -0.15) is 13.2 Å². The third kappa shape index (κ3) is 2.82. The lowest BCUT2D eigenvalue weighted by atomic mass is 10.1. The number of rotatable bonds is 2. The fraction of sp³-hybridized carbons (Fsp3) is 0.250. The summed E-state index contributed by atoms with van der Waals surface area (Å²) in [6.45, 7) is 0. The summed E-state index contributed by atoms with van der Waals surface area (Å²) in [5, 5.41) is 9.58. The number of nitro benzene ring substituents is 1. The van der Waals surface area contributed by atoms with Crippen LogP contribution in [0.3, 0.4) is 0 Å². The molecule has 0 saturated heterocycles. The van der Waals surface area contributed by atoms with Gasteiger partial charge in [-0.3, -0.25) is 10.1 Å². The number of halogens is 6. The van der Waals surface area contributed by atoms with Crippen molar-refractivity contribution in [3.05, 3.63) is 38.4 Å². The van der Waals surface area contributed by atoms with Crippen LogP contribution in [0.5, 0.6) is 0 Å². The summed E-state index contributed by atoms with van der Waals surface area (Å²) in [6, 6.07) is 0.261. The fourth-order valence-corrected chi connectivity index (χ4v) is 1.38. The number of hydrogen-bond acceptors (Lipinski definition) is 2. The highest BCUT2D eigenvalue weighted by atomic mass is 35.5. The second kappa shape index (κ2) is 4.44. The molecule has 0 unspecified atom stereocenters. The normalized spacial score (nSPS) is 11.9. The lowest BCUT2D eigenvalue weighted by Gasteiger charge is -2.12. The van der Waals surface area contributed by atoms with Gasteiger partial charge in [-0.25, -0.2) is 8.78 Å². The van der Waals surface area contributed by atoms with Crippen LogP contribution in [-0.4, -0.2) is 4.92 Å². The number of alkyl halides is 5. The summed E-state index contributed by atoms with van der Waals surface area (Å²) >= 11 is 5.25. The summed E-state index contributed by atoms with van der Waals surface area (Å²) in [7, 11) is 0. The Morgan fingerprint density at radius 2 is 1.82 bits per heavy atom. The molecule has 94 valence electrons. The molecule has 0 N–H and O–H groups in total. The maximum atomic E-state index is 12.4. The van der Waals surface area contributed by atoms with Gasteiger partial charge in [0, 0.05) is 11.6 Å². The Hall–Kier alpha value is -1.44. The predicted molar refractivity (Wildman–Crippen MR) is 48.1 cm³/mol. The van der Waals surface area contributed by atoms with Crippen molar-refractivity contribution in [2.24, 2.45) is 0 Å². The monoisotopic (exact) mass is 275 g/mol. The van der Waals surface area contributed by atoms with Crippen molar-refractivity contribution in [1.82, 2.24) is 0 Å². The fourth-order valence-electron chi connectivity index (χ4n) is 1.14. The average Bonchev–Trinajstić information content (AvgIpc) is 2.14. The molecule has 0 heterocycles. The van der Waals surface area contributed by atoms with Gasteiger partial charge in [0.15, 0.2) is 0 Å². The van der Waals surface area contributed by atoms with Crippen molar-refractivity contribution >= 4 is 17.3 Å². The molecule has 0 fully saturated rings. The third-order valence-corrected chi connectivity index (χ3v) is 2.16. The first-order valence-electron chi connectivity index (χ1n) is 3.97. The molecule has 0 aliphatic carbocycles. The van der Waals surface area contributed by atoms with Crippen LogP contribution in [0.2, 0.25) is 5.02 Å². The van der Waals surface area contributed by atoms with Crippen LogP contribution < -0.4 is 0 Å². The lowest BCUT2D eigenvalue weighted by Crippen LogP contribution is -2.10. The second-order valence-corrected chi connectivity index (χ2v) is 3.35. The SMILES string of the molecule is O=[N+]([O-])c1cc(C(F)(F)F)c(C(F)F)cc1Cl. The van der Waals surface area contributed by atoms with Crippen molar-refractivity contribution in [3.63, 3.8) is 0 Å². The van der Waals surface area contributed by atoms with Gasteiger partial charge in [0.05, 0.1) is 10.5 Å². The van der Waals surface area contributed by atoms with Gasteiger partial charge < -0.3 is 0 Å². The highest BCUT2D eigenvalue weighted by Gasteiger charge is 2.38. The summed E-state index contributed by atoms with van der Waals surface area (Å²) in [4.78, 5) is 9.17. The van der Waals surface area contributed by atoms with E-state index in [1.165, 1.54) is 0 Å². The number of nitrogens with zero attached hydrogens (tertiary/aromatic N) is 1. The van der Waals surface area contributed by atoms with Crippen LogP contribution in [0.1, 0.15) is 17.6 Å². The van der Waals surface area contributed by atoms with Crippen molar-refractivity contribution in [2.45, 2.75) is 12.6 Å². The Morgan fingerprint density at radius 1 is 1.29 bits per heavy atom. The molecular weight excluding hydrogens is 273 g/mol. The molecule has 1 rings (SSSR count). The number of hydrogen-bond donors (Lipinski definition) is 0. The number of benzene rings is 1. The van der Waals surface area contributed by atoms with E-state index in [-0.39, 0.29) is 12.1 Å². The minimum absolute atomic E-state index is 0.00380. The average molecular weight is 276 g/mol. The van der Waals surface area contributed by atoms with E-state index in [9.17, 15) is 32.1 Å². The van der Waals surface area contributed by atoms with Crippen LogP contribution in [0, 0.1) is 10.1 Å². The van der Waals surface area contributed by atoms with E-state index in [1.807, 2.05) is 0 Å². The van der Waals surface area contributed by atoms with Gasteiger partial charge in [-0.05, 0) is 6.07 Å². The Morgan fingerprint density at radius 3 is 2.18 bits per heavy atom. The van der Waals surface area contributed by atoms with Crippen molar-refractivity contribution in [2.75, 3.05) is 0 Å². The molecule has 3 nitrogen and oxygen atoms in total. The molecule has 1 aromatic carbocycles. The van der Waals surface area contributed by atoms with Gasteiger partial charge in [0.2, 0.25) is 0 Å². The van der Waals surface area contributed by atoms with Crippen LogP contribution in [0.15, 0.2) is 12.1 Å². The molecular formula is C8H3ClF5NO2. The molecule has 0 radical (unpaired) electrons. The van der Waals surface area contributed by atoms with E-state index >= 15 is 0 Å².